The molecule has 3 aromatic rings. The minimum Gasteiger partial charge on any atom is -0.478 e. The molecule has 6 rings (SSSR count). The first-order chi connectivity index (χ1) is 21.0. The Labute approximate surface area is 249 Å². The quantitative estimate of drug-likeness (QED) is 0.277. The van der Waals surface area contributed by atoms with Crippen molar-refractivity contribution < 1.29 is 58.7 Å². The van der Waals surface area contributed by atoms with E-state index in [2.05, 4.69) is 0 Å². The Balaban J connectivity index is 1.91. The van der Waals surface area contributed by atoms with Crippen molar-refractivity contribution in [3.8, 4) is 22.3 Å². The second kappa shape index (κ2) is 12.0. The average molecular weight is 603 g/mol. The molecule has 2 aliphatic heterocycles. The van der Waals surface area contributed by atoms with E-state index in [1.165, 1.54) is 36.4 Å². The van der Waals surface area contributed by atoms with Crippen LogP contribution in [0.5, 0.6) is 0 Å². The monoisotopic (exact) mass is 602 g/mol. The van der Waals surface area contributed by atoms with Gasteiger partial charge in [0, 0.05) is 5.56 Å². The molecule has 0 atom stereocenters. The van der Waals surface area contributed by atoms with E-state index >= 15 is 0 Å². The summed E-state index contributed by atoms with van der Waals surface area (Å²) >= 11 is 0. The zero-order valence-corrected chi connectivity index (χ0v) is 23.1. The number of hydrogen-bond acceptors (Lipinski definition) is 8. The van der Waals surface area contributed by atoms with E-state index in [4.69, 9.17) is 9.47 Å². The molecule has 44 heavy (non-hydrogen) atoms. The van der Waals surface area contributed by atoms with Gasteiger partial charge in [-0.1, -0.05) is 30.3 Å². The van der Waals surface area contributed by atoms with Gasteiger partial charge in [-0.05, 0) is 72.4 Å². The van der Waals surface area contributed by atoms with Crippen molar-refractivity contribution >= 4 is 35.8 Å². The molecule has 0 amide bonds. The predicted molar refractivity (Wildman–Crippen MR) is 151 cm³/mol. The van der Waals surface area contributed by atoms with Crippen LogP contribution in [0.3, 0.4) is 0 Å². The number of carboxylic acid groups (broad SMARTS) is 4. The number of hydrogen-bond donors (Lipinski definition) is 4. The predicted octanol–water partition coefficient (Wildman–Crippen LogP) is 4.95. The molecule has 0 unspecified atom stereocenters. The first-order valence-corrected chi connectivity index (χ1v) is 13.7. The van der Waals surface area contributed by atoms with Crippen molar-refractivity contribution in [3.63, 3.8) is 0 Å². The van der Waals surface area contributed by atoms with Crippen LogP contribution in [0.15, 0.2) is 48.5 Å². The number of ether oxygens (including phenoxy) is 2. The molecule has 0 aromatic heterocycles. The van der Waals surface area contributed by atoms with Gasteiger partial charge >= 0.3 is 35.8 Å². The SMILES string of the molecule is O=C(O)c1cccc(-c2ccc3c(c2-c2cccc(C(=O)O)c2C(=O)O)C(=O)OCC2CCC(CC2)COC3=O)c1C(=O)O. The number of carbonyl (C=O) groups is 6. The van der Waals surface area contributed by atoms with Crippen LogP contribution in [0.25, 0.3) is 22.3 Å². The second-order valence-electron chi connectivity index (χ2n) is 10.7. The van der Waals surface area contributed by atoms with E-state index in [1.807, 2.05) is 0 Å². The molecule has 4 N–H and O–H groups in total. The summed E-state index contributed by atoms with van der Waals surface area (Å²) in [5.74, 6) is -8.31. The molecular weight excluding hydrogens is 576 g/mol. The van der Waals surface area contributed by atoms with E-state index in [1.54, 1.807) is 0 Å². The van der Waals surface area contributed by atoms with Crippen molar-refractivity contribution in [2.75, 3.05) is 13.2 Å². The Morgan fingerprint density at radius 2 is 0.977 bits per heavy atom. The summed E-state index contributed by atoms with van der Waals surface area (Å²) < 4.78 is 11.2. The van der Waals surface area contributed by atoms with Crippen molar-refractivity contribution in [3.05, 3.63) is 81.9 Å². The molecule has 2 heterocycles. The lowest BCUT2D eigenvalue weighted by molar-refractivity contribution is 0.0262. The van der Waals surface area contributed by atoms with Crippen LogP contribution in [0.2, 0.25) is 0 Å². The Kier molecular flexibility index (Phi) is 8.17. The molecular formula is C32H26O12. The standard InChI is InChI=1S/C32H26O12/c33-27(34)20-5-1-3-17(24(20)29(37)38)18-11-12-22-26(23(18)19-4-2-6-21(28(35)36)25(19)30(39)40)32(42)44-14-16-9-7-15(8-10-16)13-43-31(22)41/h1-6,11-12,15-16H,7-10,13-14H2,(H,33,34)(H,35,36)(H,37,38)(H,39,40). The molecule has 226 valence electrons. The molecule has 3 aromatic carbocycles. The van der Waals surface area contributed by atoms with E-state index in [-0.39, 0.29) is 52.9 Å². The number of rotatable bonds is 6. The Hall–Kier alpha value is -5.52. The van der Waals surface area contributed by atoms with Crippen LogP contribution in [0.4, 0.5) is 0 Å². The van der Waals surface area contributed by atoms with Gasteiger partial charge in [-0.15, -0.1) is 0 Å². The van der Waals surface area contributed by atoms with Gasteiger partial charge in [0.2, 0.25) is 0 Å². The highest BCUT2D eigenvalue weighted by atomic mass is 16.5. The van der Waals surface area contributed by atoms with Crippen molar-refractivity contribution in [2.24, 2.45) is 11.8 Å². The van der Waals surface area contributed by atoms with Gasteiger partial charge in [-0.25, -0.2) is 28.8 Å². The molecule has 3 aliphatic rings. The molecule has 1 aliphatic carbocycles. The Morgan fingerprint density at radius 1 is 0.523 bits per heavy atom. The zero-order chi connectivity index (χ0) is 31.7. The molecule has 2 bridgehead atoms. The van der Waals surface area contributed by atoms with E-state index < -0.39 is 63.6 Å². The van der Waals surface area contributed by atoms with Crippen molar-refractivity contribution in [1.82, 2.24) is 0 Å². The number of aromatic carboxylic acids is 4. The molecule has 0 radical (unpaired) electrons. The summed E-state index contributed by atoms with van der Waals surface area (Å²) in [6.07, 6.45) is 2.99. The highest BCUT2D eigenvalue weighted by Crippen LogP contribution is 2.42. The van der Waals surface area contributed by atoms with Gasteiger partial charge in [0.15, 0.2) is 0 Å². The highest BCUT2D eigenvalue weighted by molar-refractivity contribution is 6.16. The van der Waals surface area contributed by atoms with E-state index in [9.17, 15) is 49.2 Å². The van der Waals surface area contributed by atoms with Crippen molar-refractivity contribution in [2.45, 2.75) is 25.7 Å². The maximum atomic E-state index is 13.9. The third kappa shape index (κ3) is 5.49. The number of carboxylic acids is 4. The van der Waals surface area contributed by atoms with Gasteiger partial charge in [0.05, 0.1) is 46.6 Å². The van der Waals surface area contributed by atoms with Crippen LogP contribution in [0.1, 0.15) is 87.8 Å². The molecule has 0 spiro atoms. The van der Waals surface area contributed by atoms with Gasteiger partial charge in [-0.2, -0.15) is 0 Å². The minimum absolute atomic E-state index is 0.000459. The van der Waals surface area contributed by atoms with E-state index in [0.717, 1.165) is 37.8 Å². The lowest BCUT2D eigenvalue weighted by Crippen LogP contribution is -2.27. The number of esters is 2. The van der Waals surface area contributed by atoms with Crippen molar-refractivity contribution in [1.29, 1.82) is 0 Å². The Bertz CT molecular complexity index is 1730. The topological polar surface area (TPSA) is 202 Å². The second-order valence-corrected chi connectivity index (χ2v) is 10.7. The fourth-order valence-corrected chi connectivity index (χ4v) is 5.95. The number of fused-ring (bicyclic) bond motifs is 6. The molecule has 12 heteroatoms. The van der Waals surface area contributed by atoms with Gasteiger partial charge in [0.25, 0.3) is 0 Å². The zero-order valence-electron chi connectivity index (χ0n) is 23.1. The number of carbonyl (C=O) groups excluding carboxylic acids is 2. The minimum atomic E-state index is -1.68. The lowest BCUT2D eigenvalue weighted by Gasteiger charge is -2.29. The fraction of sp³-hybridized carbons (Fsp3) is 0.250. The largest absolute Gasteiger partial charge is 0.478 e. The molecule has 1 saturated carbocycles. The van der Waals surface area contributed by atoms with Gasteiger partial charge in [-0.3, -0.25) is 0 Å². The van der Waals surface area contributed by atoms with Crippen LogP contribution >= 0.6 is 0 Å². The lowest BCUT2D eigenvalue weighted by atomic mass is 9.82. The highest BCUT2D eigenvalue weighted by Gasteiger charge is 2.34. The maximum absolute atomic E-state index is 13.9. The van der Waals surface area contributed by atoms with Crippen LogP contribution in [0, 0.1) is 11.8 Å². The Morgan fingerprint density at radius 3 is 1.48 bits per heavy atom. The summed E-state index contributed by atoms with van der Waals surface area (Å²) in [6, 6.07) is 9.53. The summed E-state index contributed by atoms with van der Waals surface area (Å²) in [6.45, 7) is 0.0787. The average Bonchev–Trinajstić information content (AvgIpc) is 3.00. The summed E-state index contributed by atoms with van der Waals surface area (Å²) in [5.41, 5.74) is -4.45. The number of benzene rings is 3. The van der Waals surface area contributed by atoms with Gasteiger partial charge in [0.1, 0.15) is 0 Å². The van der Waals surface area contributed by atoms with E-state index in [0.29, 0.717) is 0 Å². The maximum Gasteiger partial charge on any atom is 0.339 e. The third-order valence-corrected chi connectivity index (χ3v) is 8.07. The molecule has 12 nitrogen and oxygen atoms in total. The van der Waals surface area contributed by atoms with Crippen LogP contribution < -0.4 is 0 Å². The first-order valence-electron chi connectivity index (χ1n) is 13.7. The van der Waals surface area contributed by atoms with Crippen LogP contribution in [-0.4, -0.2) is 69.5 Å². The van der Waals surface area contributed by atoms with Gasteiger partial charge < -0.3 is 29.9 Å². The summed E-state index contributed by atoms with van der Waals surface area (Å²) in [4.78, 5) is 76.4. The normalized spacial score (nSPS) is 18.2. The fourth-order valence-electron chi connectivity index (χ4n) is 5.95. The molecule has 0 saturated heterocycles. The third-order valence-electron chi connectivity index (χ3n) is 8.07. The molecule has 1 fully saturated rings. The first kappa shape index (κ1) is 30.0. The van der Waals surface area contributed by atoms with Crippen LogP contribution in [-0.2, 0) is 9.47 Å². The summed E-state index contributed by atoms with van der Waals surface area (Å²) in [5, 5.41) is 39.8. The summed E-state index contributed by atoms with van der Waals surface area (Å²) in [7, 11) is 0. The smallest absolute Gasteiger partial charge is 0.339 e.